The quantitative estimate of drug-likeness (QED) is 0.795. The van der Waals surface area contributed by atoms with Crippen LogP contribution in [0.2, 0.25) is 0 Å². The van der Waals surface area contributed by atoms with Gasteiger partial charge >= 0.3 is 0 Å². The number of aliphatic hydroxyl groups is 1. The van der Waals surface area contributed by atoms with Crippen LogP contribution in [-0.4, -0.2) is 48.1 Å². The molecular formula is C16H24N2O3. The largest absolute Gasteiger partial charge is 0.395 e. The van der Waals surface area contributed by atoms with Gasteiger partial charge in [-0.25, -0.2) is 0 Å². The molecule has 0 saturated carbocycles. The molecule has 0 aliphatic heterocycles. The Morgan fingerprint density at radius 2 is 1.90 bits per heavy atom. The van der Waals surface area contributed by atoms with Gasteiger partial charge < -0.3 is 15.3 Å². The molecule has 0 aliphatic carbocycles. The van der Waals surface area contributed by atoms with E-state index in [2.05, 4.69) is 5.32 Å². The Labute approximate surface area is 126 Å². The van der Waals surface area contributed by atoms with Crippen LogP contribution in [0.15, 0.2) is 18.2 Å². The standard InChI is InChI=1S/C16H24N2O3/c1-4-7-18(8-9-19)15(20)11-17-16(21)14-6-5-12(2)13(3)10-14/h5-6,10,19H,4,7-9,11H2,1-3H3,(H,17,21). The van der Waals surface area contributed by atoms with E-state index < -0.39 is 0 Å². The molecule has 2 amide bonds. The molecule has 0 heterocycles. The average Bonchev–Trinajstić information content (AvgIpc) is 2.47. The summed E-state index contributed by atoms with van der Waals surface area (Å²) in [5.41, 5.74) is 2.72. The van der Waals surface area contributed by atoms with Gasteiger partial charge in [0.05, 0.1) is 13.2 Å². The number of benzene rings is 1. The van der Waals surface area contributed by atoms with Crippen molar-refractivity contribution in [3.05, 3.63) is 34.9 Å². The number of nitrogens with one attached hydrogen (secondary N) is 1. The van der Waals surface area contributed by atoms with Crippen LogP contribution in [0, 0.1) is 13.8 Å². The SMILES string of the molecule is CCCN(CCO)C(=O)CNC(=O)c1ccc(C)c(C)c1. The second-order valence-corrected chi connectivity index (χ2v) is 5.09. The van der Waals surface area contributed by atoms with Crippen LogP contribution in [0.4, 0.5) is 0 Å². The van der Waals surface area contributed by atoms with Crippen LogP contribution in [0.5, 0.6) is 0 Å². The zero-order valence-electron chi connectivity index (χ0n) is 13.0. The Bertz CT molecular complexity index is 494. The molecule has 21 heavy (non-hydrogen) atoms. The van der Waals surface area contributed by atoms with Crippen LogP contribution in [0.25, 0.3) is 0 Å². The minimum absolute atomic E-state index is 0.0498. The van der Waals surface area contributed by atoms with E-state index in [0.29, 0.717) is 18.7 Å². The Hall–Kier alpha value is -1.88. The lowest BCUT2D eigenvalue weighted by atomic mass is 10.1. The molecule has 0 spiro atoms. The number of nitrogens with zero attached hydrogens (tertiary/aromatic N) is 1. The fourth-order valence-electron chi connectivity index (χ4n) is 2.00. The molecule has 0 fully saturated rings. The maximum absolute atomic E-state index is 12.0. The topological polar surface area (TPSA) is 69.6 Å². The van der Waals surface area contributed by atoms with Crippen LogP contribution >= 0.6 is 0 Å². The van der Waals surface area contributed by atoms with Gasteiger partial charge in [-0.3, -0.25) is 9.59 Å². The van der Waals surface area contributed by atoms with E-state index in [1.165, 1.54) is 0 Å². The fraction of sp³-hybridized carbons (Fsp3) is 0.500. The molecule has 0 saturated heterocycles. The van der Waals surface area contributed by atoms with Crippen molar-refractivity contribution < 1.29 is 14.7 Å². The smallest absolute Gasteiger partial charge is 0.251 e. The van der Waals surface area contributed by atoms with Gasteiger partial charge in [0, 0.05) is 18.7 Å². The molecule has 5 nitrogen and oxygen atoms in total. The fourth-order valence-corrected chi connectivity index (χ4v) is 2.00. The maximum Gasteiger partial charge on any atom is 0.251 e. The lowest BCUT2D eigenvalue weighted by Crippen LogP contribution is -2.41. The zero-order chi connectivity index (χ0) is 15.8. The number of aliphatic hydroxyl groups excluding tert-OH is 1. The van der Waals surface area contributed by atoms with E-state index in [0.717, 1.165) is 17.5 Å². The summed E-state index contributed by atoms with van der Waals surface area (Å²) in [5, 5.41) is 11.6. The molecule has 1 aromatic carbocycles. The molecule has 0 aliphatic rings. The molecule has 0 radical (unpaired) electrons. The Balaban J connectivity index is 2.58. The molecule has 0 atom stereocenters. The highest BCUT2D eigenvalue weighted by molar-refractivity contribution is 5.96. The van der Waals surface area contributed by atoms with E-state index in [1.54, 1.807) is 11.0 Å². The van der Waals surface area contributed by atoms with Gasteiger partial charge in [-0.1, -0.05) is 13.0 Å². The van der Waals surface area contributed by atoms with E-state index >= 15 is 0 Å². The lowest BCUT2D eigenvalue weighted by Gasteiger charge is -2.21. The molecule has 0 unspecified atom stereocenters. The number of hydrogen-bond donors (Lipinski definition) is 2. The van der Waals surface area contributed by atoms with Crippen molar-refractivity contribution in [3.63, 3.8) is 0 Å². The minimum atomic E-state index is -0.258. The van der Waals surface area contributed by atoms with E-state index in [-0.39, 0.29) is 25.0 Å². The van der Waals surface area contributed by atoms with Crippen LogP contribution < -0.4 is 5.32 Å². The Kier molecular flexibility index (Phi) is 6.88. The van der Waals surface area contributed by atoms with E-state index in [9.17, 15) is 9.59 Å². The molecule has 2 N–H and O–H groups in total. The predicted octanol–water partition coefficient (Wildman–Crippen LogP) is 1.26. The van der Waals surface area contributed by atoms with Crippen molar-refractivity contribution in [3.8, 4) is 0 Å². The first kappa shape index (κ1) is 17.2. The predicted molar refractivity (Wildman–Crippen MR) is 82.2 cm³/mol. The van der Waals surface area contributed by atoms with Crippen molar-refractivity contribution in [2.45, 2.75) is 27.2 Å². The minimum Gasteiger partial charge on any atom is -0.395 e. The van der Waals surface area contributed by atoms with Gasteiger partial charge in [-0.05, 0) is 43.5 Å². The third kappa shape index (κ3) is 5.19. The van der Waals surface area contributed by atoms with Gasteiger partial charge in [0.15, 0.2) is 0 Å². The monoisotopic (exact) mass is 292 g/mol. The Morgan fingerprint density at radius 3 is 2.48 bits per heavy atom. The van der Waals surface area contributed by atoms with Crippen molar-refractivity contribution >= 4 is 11.8 Å². The van der Waals surface area contributed by atoms with Crippen LogP contribution in [-0.2, 0) is 4.79 Å². The summed E-state index contributed by atoms with van der Waals surface area (Å²) in [6.07, 6.45) is 0.816. The maximum atomic E-state index is 12.0. The van der Waals surface area contributed by atoms with Crippen molar-refractivity contribution in [2.24, 2.45) is 0 Å². The van der Waals surface area contributed by atoms with Gasteiger partial charge in [0.25, 0.3) is 5.91 Å². The van der Waals surface area contributed by atoms with Crippen molar-refractivity contribution in [1.29, 1.82) is 0 Å². The number of amides is 2. The number of carbonyl (C=O) groups is 2. The third-order valence-corrected chi connectivity index (χ3v) is 3.39. The number of carbonyl (C=O) groups excluding carboxylic acids is 2. The highest BCUT2D eigenvalue weighted by Gasteiger charge is 2.14. The molecule has 1 rings (SSSR count). The molecule has 5 heteroatoms. The Morgan fingerprint density at radius 1 is 1.19 bits per heavy atom. The summed E-state index contributed by atoms with van der Waals surface area (Å²) in [5.74, 6) is -0.435. The second-order valence-electron chi connectivity index (χ2n) is 5.09. The first-order valence-electron chi connectivity index (χ1n) is 7.23. The molecule has 0 aromatic heterocycles. The van der Waals surface area contributed by atoms with Gasteiger partial charge in [-0.15, -0.1) is 0 Å². The molecule has 1 aromatic rings. The summed E-state index contributed by atoms with van der Waals surface area (Å²) in [7, 11) is 0. The van der Waals surface area contributed by atoms with Gasteiger partial charge in [-0.2, -0.15) is 0 Å². The van der Waals surface area contributed by atoms with Gasteiger partial charge in [0.2, 0.25) is 5.91 Å². The van der Waals surface area contributed by atoms with Crippen molar-refractivity contribution in [2.75, 3.05) is 26.2 Å². The molecule has 116 valence electrons. The normalized spacial score (nSPS) is 10.3. The number of aryl methyl sites for hydroxylation is 2. The van der Waals surface area contributed by atoms with E-state index in [1.807, 2.05) is 32.9 Å². The lowest BCUT2D eigenvalue weighted by molar-refractivity contribution is -0.130. The summed E-state index contributed by atoms with van der Waals surface area (Å²) >= 11 is 0. The third-order valence-electron chi connectivity index (χ3n) is 3.39. The zero-order valence-corrected chi connectivity index (χ0v) is 13.0. The van der Waals surface area contributed by atoms with Gasteiger partial charge in [0.1, 0.15) is 0 Å². The van der Waals surface area contributed by atoms with Crippen LogP contribution in [0.1, 0.15) is 34.8 Å². The highest BCUT2D eigenvalue weighted by atomic mass is 16.3. The number of rotatable bonds is 7. The van der Waals surface area contributed by atoms with E-state index in [4.69, 9.17) is 5.11 Å². The number of hydrogen-bond acceptors (Lipinski definition) is 3. The highest BCUT2D eigenvalue weighted by Crippen LogP contribution is 2.09. The second kappa shape index (κ2) is 8.42. The first-order valence-corrected chi connectivity index (χ1v) is 7.23. The average molecular weight is 292 g/mol. The molecule has 0 bridgehead atoms. The summed E-state index contributed by atoms with van der Waals surface area (Å²) in [6, 6.07) is 5.45. The van der Waals surface area contributed by atoms with Crippen molar-refractivity contribution in [1.82, 2.24) is 10.2 Å². The summed E-state index contributed by atoms with van der Waals surface area (Å²) in [6.45, 7) is 6.65. The van der Waals surface area contributed by atoms with Crippen LogP contribution in [0.3, 0.4) is 0 Å². The summed E-state index contributed by atoms with van der Waals surface area (Å²) in [4.78, 5) is 25.6. The first-order chi connectivity index (χ1) is 9.99. The summed E-state index contributed by atoms with van der Waals surface area (Å²) < 4.78 is 0. The molecular weight excluding hydrogens is 268 g/mol.